The first kappa shape index (κ1) is 19.3. The number of hydrogen-bond acceptors (Lipinski definition) is 5. The van der Waals surface area contributed by atoms with Gasteiger partial charge in [0.25, 0.3) is 5.91 Å². The van der Waals surface area contributed by atoms with E-state index in [9.17, 15) is 18.0 Å². The Hall–Kier alpha value is -1.98. The third kappa shape index (κ3) is 5.51. The largest absolute Gasteiger partial charge is 0.449 e. The van der Waals surface area contributed by atoms with E-state index >= 15 is 0 Å². The second kappa shape index (κ2) is 7.93. The lowest BCUT2D eigenvalue weighted by molar-refractivity contribution is -0.123. The summed E-state index contributed by atoms with van der Waals surface area (Å²) in [6.07, 6.45) is -1.02. The minimum absolute atomic E-state index is 0.0660. The Morgan fingerprint density at radius 3 is 2.16 bits per heavy atom. The molecule has 132 valence electrons. The van der Waals surface area contributed by atoms with Crippen molar-refractivity contribution in [1.29, 1.82) is 0 Å². The van der Waals surface area contributed by atoms with Crippen LogP contribution in [0.1, 0.15) is 17.3 Å². The minimum atomic E-state index is -3.80. The van der Waals surface area contributed by atoms with Crippen molar-refractivity contribution in [1.82, 2.24) is 0 Å². The molecule has 0 spiro atoms. The molecule has 0 bridgehead atoms. The Bertz CT molecular complexity index is 880. The third-order valence-electron chi connectivity index (χ3n) is 3.18. The lowest BCUT2D eigenvalue weighted by Crippen LogP contribution is -2.30. The maximum Gasteiger partial charge on any atom is 0.338 e. The third-order valence-corrected chi connectivity index (χ3v) is 4.83. The second-order valence-corrected chi connectivity index (χ2v) is 7.92. The zero-order valence-electron chi connectivity index (χ0n) is 13.1. The molecule has 0 aliphatic carbocycles. The van der Waals surface area contributed by atoms with Gasteiger partial charge in [0.05, 0.1) is 10.5 Å². The average molecular weight is 474 g/mol. The van der Waals surface area contributed by atoms with Gasteiger partial charge < -0.3 is 10.1 Å². The summed E-state index contributed by atoms with van der Waals surface area (Å²) in [5.41, 5.74) is 0.701. The van der Waals surface area contributed by atoms with Gasteiger partial charge in [0, 0.05) is 9.26 Å². The number of sulfonamides is 1. The number of carbonyl (C=O) groups is 2. The second-order valence-electron chi connectivity index (χ2n) is 5.11. The van der Waals surface area contributed by atoms with Crippen LogP contribution in [0.4, 0.5) is 5.69 Å². The molecule has 1 amide bonds. The summed E-state index contributed by atoms with van der Waals surface area (Å²) in [6, 6.07) is 12.1. The first-order valence-corrected chi connectivity index (χ1v) is 9.69. The van der Waals surface area contributed by atoms with Crippen molar-refractivity contribution < 1.29 is 22.7 Å². The number of anilines is 1. The summed E-state index contributed by atoms with van der Waals surface area (Å²) in [6.45, 7) is 1.44. The molecule has 0 unspecified atom stereocenters. The van der Waals surface area contributed by atoms with Gasteiger partial charge >= 0.3 is 5.97 Å². The smallest absolute Gasteiger partial charge is 0.338 e. The summed E-state index contributed by atoms with van der Waals surface area (Å²) in [5, 5.41) is 7.54. The summed E-state index contributed by atoms with van der Waals surface area (Å²) < 4.78 is 28.5. The fraction of sp³-hybridized carbons (Fsp3) is 0.125. The predicted octanol–water partition coefficient (Wildman–Crippen LogP) is 2.12. The molecule has 9 heteroatoms. The zero-order chi connectivity index (χ0) is 18.6. The van der Waals surface area contributed by atoms with E-state index in [-0.39, 0.29) is 4.90 Å². The monoisotopic (exact) mass is 474 g/mol. The first-order valence-electron chi connectivity index (χ1n) is 7.07. The van der Waals surface area contributed by atoms with Crippen LogP contribution >= 0.6 is 22.6 Å². The Morgan fingerprint density at radius 1 is 1.08 bits per heavy atom. The van der Waals surface area contributed by atoms with Gasteiger partial charge in [-0.2, -0.15) is 0 Å². The summed E-state index contributed by atoms with van der Waals surface area (Å²) >= 11 is 2.11. The molecule has 25 heavy (non-hydrogen) atoms. The van der Waals surface area contributed by atoms with Gasteiger partial charge in [0.1, 0.15) is 0 Å². The Balaban J connectivity index is 1.98. The minimum Gasteiger partial charge on any atom is -0.449 e. The van der Waals surface area contributed by atoms with E-state index in [0.717, 1.165) is 3.57 Å². The molecule has 0 radical (unpaired) electrons. The number of hydrogen-bond donors (Lipinski definition) is 2. The summed E-state index contributed by atoms with van der Waals surface area (Å²) in [4.78, 5) is 24.0. The van der Waals surface area contributed by atoms with Crippen molar-refractivity contribution in [3.05, 3.63) is 57.7 Å². The molecule has 0 aliphatic rings. The van der Waals surface area contributed by atoms with Crippen LogP contribution in [-0.2, 0) is 19.6 Å². The van der Waals surface area contributed by atoms with Crippen molar-refractivity contribution in [3.8, 4) is 0 Å². The molecule has 0 heterocycles. The van der Waals surface area contributed by atoms with Gasteiger partial charge in [-0.3, -0.25) is 4.79 Å². The van der Waals surface area contributed by atoms with Gasteiger partial charge in [-0.15, -0.1) is 0 Å². The van der Waals surface area contributed by atoms with Crippen molar-refractivity contribution in [2.24, 2.45) is 5.14 Å². The van der Waals surface area contributed by atoms with Gasteiger partial charge in [0.15, 0.2) is 6.10 Å². The lowest BCUT2D eigenvalue weighted by Gasteiger charge is -2.13. The number of amides is 1. The van der Waals surface area contributed by atoms with Gasteiger partial charge in [-0.05, 0) is 78.0 Å². The molecule has 7 nitrogen and oxygen atoms in total. The SMILES string of the molecule is C[C@H](OC(=O)c1ccc(I)cc1)C(=O)Nc1ccc(S(N)(=O)=O)cc1. The van der Waals surface area contributed by atoms with E-state index in [1.54, 1.807) is 24.3 Å². The van der Waals surface area contributed by atoms with Gasteiger partial charge in [-0.1, -0.05) is 0 Å². The highest BCUT2D eigenvalue weighted by atomic mass is 127. The van der Waals surface area contributed by atoms with E-state index in [2.05, 4.69) is 27.9 Å². The van der Waals surface area contributed by atoms with Crippen molar-refractivity contribution >= 4 is 50.2 Å². The molecule has 0 fully saturated rings. The van der Waals surface area contributed by atoms with Crippen LogP contribution in [0, 0.1) is 3.57 Å². The van der Waals surface area contributed by atoms with Crippen LogP contribution in [0.3, 0.4) is 0 Å². The molecule has 1 atom stereocenters. The number of esters is 1. The van der Waals surface area contributed by atoms with Gasteiger partial charge in [0.2, 0.25) is 10.0 Å². The summed E-state index contributed by atoms with van der Waals surface area (Å²) in [5.74, 6) is -1.15. The average Bonchev–Trinajstić information content (AvgIpc) is 2.55. The lowest BCUT2D eigenvalue weighted by atomic mass is 10.2. The Kier molecular flexibility index (Phi) is 6.14. The molecule has 0 saturated carbocycles. The normalized spacial score (nSPS) is 12.3. The predicted molar refractivity (Wildman–Crippen MR) is 100 cm³/mol. The highest BCUT2D eigenvalue weighted by molar-refractivity contribution is 14.1. The van der Waals surface area contributed by atoms with Crippen LogP contribution < -0.4 is 10.5 Å². The fourth-order valence-electron chi connectivity index (χ4n) is 1.84. The number of nitrogens with two attached hydrogens (primary N) is 1. The zero-order valence-corrected chi connectivity index (χ0v) is 16.1. The van der Waals surface area contributed by atoms with Crippen LogP contribution in [0.15, 0.2) is 53.4 Å². The number of ether oxygens (including phenoxy) is 1. The maximum absolute atomic E-state index is 12.1. The molecular weight excluding hydrogens is 459 g/mol. The van der Waals surface area contributed by atoms with E-state index in [0.29, 0.717) is 11.3 Å². The first-order chi connectivity index (χ1) is 11.7. The van der Waals surface area contributed by atoms with E-state index in [1.165, 1.54) is 31.2 Å². The molecular formula is C16H15IN2O5S. The fourth-order valence-corrected chi connectivity index (χ4v) is 2.71. The quantitative estimate of drug-likeness (QED) is 0.509. The number of rotatable bonds is 5. The standard InChI is InChI=1S/C16H15IN2O5S/c1-10(24-16(21)11-2-4-12(17)5-3-11)15(20)19-13-6-8-14(9-7-13)25(18,22)23/h2-10H,1H3,(H,19,20)(H2,18,22,23)/t10-/m0/s1. The Morgan fingerprint density at radius 2 is 1.64 bits per heavy atom. The molecule has 0 saturated heterocycles. The van der Waals surface area contributed by atoms with E-state index < -0.39 is 28.0 Å². The number of benzene rings is 2. The Labute approximate surface area is 158 Å². The van der Waals surface area contributed by atoms with Crippen molar-refractivity contribution in [2.75, 3.05) is 5.32 Å². The molecule has 2 rings (SSSR count). The van der Waals surface area contributed by atoms with E-state index in [1.807, 2.05) is 0 Å². The van der Waals surface area contributed by atoms with Crippen LogP contribution in [0.2, 0.25) is 0 Å². The molecule has 3 N–H and O–H groups in total. The molecule has 0 aromatic heterocycles. The highest BCUT2D eigenvalue weighted by Gasteiger charge is 2.19. The number of halogens is 1. The molecule has 2 aromatic rings. The number of primary sulfonamides is 1. The van der Waals surface area contributed by atoms with Crippen LogP contribution in [0.5, 0.6) is 0 Å². The topological polar surface area (TPSA) is 116 Å². The van der Waals surface area contributed by atoms with Crippen LogP contribution in [-0.4, -0.2) is 26.4 Å². The van der Waals surface area contributed by atoms with Crippen molar-refractivity contribution in [2.45, 2.75) is 17.9 Å². The van der Waals surface area contributed by atoms with Gasteiger partial charge in [-0.25, -0.2) is 18.4 Å². The molecule has 0 aliphatic heterocycles. The maximum atomic E-state index is 12.1. The van der Waals surface area contributed by atoms with Crippen LogP contribution in [0.25, 0.3) is 0 Å². The number of carbonyl (C=O) groups excluding carboxylic acids is 2. The van der Waals surface area contributed by atoms with Crippen molar-refractivity contribution in [3.63, 3.8) is 0 Å². The highest BCUT2D eigenvalue weighted by Crippen LogP contribution is 2.14. The van der Waals surface area contributed by atoms with E-state index in [4.69, 9.17) is 9.88 Å². The number of nitrogens with one attached hydrogen (secondary N) is 1. The molecule has 2 aromatic carbocycles. The summed E-state index contributed by atoms with van der Waals surface area (Å²) in [7, 11) is -3.80.